The zero-order valence-corrected chi connectivity index (χ0v) is 16.5. The van der Waals surface area contributed by atoms with Crippen LogP contribution in [0, 0.1) is 0 Å². The van der Waals surface area contributed by atoms with Crippen molar-refractivity contribution in [3.63, 3.8) is 0 Å². The number of hydrogen-bond donors (Lipinski definition) is 1. The van der Waals surface area contributed by atoms with Crippen molar-refractivity contribution in [3.8, 4) is 11.5 Å². The van der Waals surface area contributed by atoms with Gasteiger partial charge in [0.15, 0.2) is 11.5 Å². The van der Waals surface area contributed by atoms with E-state index in [0.717, 1.165) is 18.8 Å². The molecule has 0 unspecified atom stereocenters. The van der Waals surface area contributed by atoms with Gasteiger partial charge in [-0.05, 0) is 30.3 Å². The molecule has 6 nitrogen and oxygen atoms in total. The van der Waals surface area contributed by atoms with Gasteiger partial charge in [0.2, 0.25) is 0 Å². The van der Waals surface area contributed by atoms with Gasteiger partial charge in [0.05, 0.1) is 36.7 Å². The lowest BCUT2D eigenvalue weighted by Crippen LogP contribution is -2.37. The number of para-hydroxylation sites is 1. The molecule has 1 N–H and O–H groups in total. The first kappa shape index (κ1) is 20.0. The molecule has 1 amide bonds. The Bertz CT molecular complexity index is 850. The maximum absolute atomic E-state index is 12.8. The number of halogens is 1. The number of morpholine rings is 1. The lowest BCUT2D eigenvalue weighted by molar-refractivity contribution is 0.102. The number of carbonyl (C=O) groups excluding carboxylic acids is 1. The summed E-state index contributed by atoms with van der Waals surface area (Å²) in [6.07, 6.45) is 1.65. The average molecular weight is 403 g/mol. The van der Waals surface area contributed by atoms with E-state index in [0.29, 0.717) is 47.6 Å². The van der Waals surface area contributed by atoms with E-state index in [1.165, 1.54) is 7.11 Å². The number of hydrogen-bond acceptors (Lipinski definition) is 5. The lowest BCUT2D eigenvalue weighted by atomic mass is 10.1. The minimum Gasteiger partial charge on any atom is -0.493 e. The second-order valence-electron chi connectivity index (χ2n) is 6.15. The molecule has 1 saturated heterocycles. The van der Waals surface area contributed by atoms with Crippen molar-refractivity contribution >= 4 is 28.9 Å². The number of rotatable bonds is 7. The molecular weight excluding hydrogens is 380 g/mol. The monoisotopic (exact) mass is 402 g/mol. The van der Waals surface area contributed by atoms with Crippen molar-refractivity contribution in [1.29, 1.82) is 0 Å². The molecule has 7 heteroatoms. The summed E-state index contributed by atoms with van der Waals surface area (Å²) in [7, 11) is 1.53. The lowest BCUT2D eigenvalue weighted by Gasteiger charge is -2.31. The molecule has 148 valence electrons. The second-order valence-corrected chi connectivity index (χ2v) is 6.56. The molecule has 1 fully saturated rings. The van der Waals surface area contributed by atoms with Crippen LogP contribution in [0.2, 0.25) is 5.02 Å². The van der Waals surface area contributed by atoms with Crippen LogP contribution in [0.15, 0.2) is 49.1 Å². The van der Waals surface area contributed by atoms with Crippen LogP contribution < -0.4 is 19.7 Å². The highest BCUT2D eigenvalue weighted by atomic mass is 35.5. The van der Waals surface area contributed by atoms with E-state index in [1.807, 2.05) is 18.2 Å². The molecule has 0 aliphatic carbocycles. The predicted octanol–water partition coefficient (Wildman–Crippen LogP) is 4.00. The first-order valence-electron chi connectivity index (χ1n) is 8.98. The number of amides is 1. The van der Waals surface area contributed by atoms with Gasteiger partial charge < -0.3 is 24.4 Å². The van der Waals surface area contributed by atoms with Gasteiger partial charge >= 0.3 is 0 Å². The maximum Gasteiger partial charge on any atom is 0.255 e. The smallest absolute Gasteiger partial charge is 0.255 e. The fourth-order valence-corrected chi connectivity index (χ4v) is 3.29. The van der Waals surface area contributed by atoms with Gasteiger partial charge in [0, 0.05) is 18.7 Å². The summed E-state index contributed by atoms with van der Waals surface area (Å²) in [5, 5.41) is 3.55. The van der Waals surface area contributed by atoms with Gasteiger partial charge in [-0.3, -0.25) is 4.79 Å². The number of nitrogens with one attached hydrogen (secondary N) is 1. The van der Waals surface area contributed by atoms with Gasteiger partial charge in [-0.15, -0.1) is 0 Å². The molecule has 2 aromatic rings. The van der Waals surface area contributed by atoms with E-state index in [4.69, 9.17) is 25.8 Å². The van der Waals surface area contributed by atoms with Gasteiger partial charge in [-0.25, -0.2) is 0 Å². The molecule has 0 atom stereocenters. The van der Waals surface area contributed by atoms with Gasteiger partial charge in [0.1, 0.15) is 6.61 Å². The van der Waals surface area contributed by atoms with Crippen LogP contribution in [0.1, 0.15) is 10.4 Å². The molecule has 0 aromatic heterocycles. The standard InChI is InChI=1S/C21H23ClN2O4/c1-3-11-28-18-8-7-15(14-19(18)26-2)21(25)23-17-6-4-5-16(22)20(17)24-9-12-27-13-10-24/h3-8,14H,1,9-13H2,2H3,(H,23,25). The zero-order valence-electron chi connectivity index (χ0n) is 15.7. The molecule has 1 aliphatic heterocycles. The van der Waals surface area contributed by atoms with Crippen molar-refractivity contribution in [3.05, 3.63) is 59.6 Å². The van der Waals surface area contributed by atoms with Crippen molar-refractivity contribution in [2.75, 3.05) is 50.2 Å². The summed E-state index contributed by atoms with van der Waals surface area (Å²) in [5.41, 5.74) is 1.92. The zero-order chi connectivity index (χ0) is 19.9. The fraction of sp³-hybridized carbons (Fsp3) is 0.286. The van der Waals surface area contributed by atoms with E-state index in [2.05, 4.69) is 16.8 Å². The van der Waals surface area contributed by atoms with E-state index >= 15 is 0 Å². The highest BCUT2D eigenvalue weighted by molar-refractivity contribution is 6.34. The highest BCUT2D eigenvalue weighted by Gasteiger charge is 2.20. The molecule has 0 bridgehead atoms. The SMILES string of the molecule is C=CCOc1ccc(C(=O)Nc2cccc(Cl)c2N2CCOCC2)cc1OC. The highest BCUT2D eigenvalue weighted by Crippen LogP contribution is 2.35. The van der Waals surface area contributed by atoms with Crippen molar-refractivity contribution in [1.82, 2.24) is 0 Å². The number of benzene rings is 2. The molecule has 0 spiro atoms. The third kappa shape index (κ3) is 4.58. The van der Waals surface area contributed by atoms with Gasteiger partial charge in [-0.1, -0.05) is 30.3 Å². The van der Waals surface area contributed by atoms with Gasteiger partial charge in [0.25, 0.3) is 5.91 Å². The molecule has 28 heavy (non-hydrogen) atoms. The van der Waals surface area contributed by atoms with Crippen LogP contribution in [-0.4, -0.2) is 45.9 Å². The Morgan fingerprint density at radius 3 is 2.79 bits per heavy atom. The minimum atomic E-state index is -0.259. The molecule has 0 radical (unpaired) electrons. The minimum absolute atomic E-state index is 0.259. The Hall–Kier alpha value is -2.70. The van der Waals surface area contributed by atoms with E-state index < -0.39 is 0 Å². The van der Waals surface area contributed by atoms with Crippen LogP contribution in [-0.2, 0) is 4.74 Å². The fourth-order valence-electron chi connectivity index (χ4n) is 3.00. The van der Waals surface area contributed by atoms with E-state index in [1.54, 1.807) is 24.3 Å². The number of ether oxygens (including phenoxy) is 3. The van der Waals surface area contributed by atoms with Crippen molar-refractivity contribution < 1.29 is 19.0 Å². The Kier molecular flexibility index (Phi) is 6.79. The Labute approximate surface area is 169 Å². The van der Waals surface area contributed by atoms with Gasteiger partial charge in [-0.2, -0.15) is 0 Å². The number of anilines is 2. The first-order valence-corrected chi connectivity index (χ1v) is 9.36. The molecule has 2 aromatic carbocycles. The summed E-state index contributed by atoms with van der Waals surface area (Å²) in [5.74, 6) is 0.773. The largest absolute Gasteiger partial charge is 0.493 e. The normalized spacial score (nSPS) is 13.7. The summed E-state index contributed by atoms with van der Waals surface area (Å²) in [4.78, 5) is 15.0. The average Bonchev–Trinajstić information content (AvgIpc) is 2.72. The van der Waals surface area contributed by atoms with Crippen LogP contribution in [0.3, 0.4) is 0 Å². The number of methoxy groups -OCH3 is 1. The van der Waals surface area contributed by atoms with Crippen LogP contribution in [0.4, 0.5) is 11.4 Å². The molecule has 3 rings (SSSR count). The second kappa shape index (κ2) is 9.48. The molecule has 0 saturated carbocycles. The number of nitrogens with zero attached hydrogens (tertiary/aromatic N) is 1. The van der Waals surface area contributed by atoms with E-state index in [9.17, 15) is 4.79 Å². The molecule has 1 aliphatic rings. The Balaban J connectivity index is 1.83. The third-order valence-electron chi connectivity index (χ3n) is 4.34. The van der Waals surface area contributed by atoms with Crippen LogP contribution in [0.5, 0.6) is 11.5 Å². The predicted molar refractivity (Wildman–Crippen MR) is 111 cm³/mol. The Morgan fingerprint density at radius 2 is 2.07 bits per heavy atom. The number of carbonyl (C=O) groups is 1. The molecular formula is C21H23ClN2O4. The first-order chi connectivity index (χ1) is 13.6. The van der Waals surface area contributed by atoms with Crippen molar-refractivity contribution in [2.45, 2.75) is 0 Å². The molecule has 1 heterocycles. The van der Waals surface area contributed by atoms with Crippen LogP contribution in [0.25, 0.3) is 0 Å². The quantitative estimate of drug-likeness (QED) is 0.709. The summed E-state index contributed by atoms with van der Waals surface area (Å²) in [6, 6.07) is 10.5. The maximum atomic E-state index is 12.8. The summed E-state index contributed by atoms with van der Waals surface area (Å²) >= 11 is 6.43. The topological polar surface area (TPSA) is 60.0 Å². The Morgan fingerprint density at radius 1 is 1.29 bits per heavy atom. The summed E-state index contributed by atoms with van der Waals surface area (Å²) in [6.45, 7) is 6.67. The van der Waals surface area contributed by atoms with Crippen LogP contribution >= 0.6 is 11.6 Å². The summed E-state index contributed by atoms with van der Waals surface area (Å²) < 4.78 is 16.3. The van der Waals surface area contributed by atoms with E-state index in [-0.39, 0.29) is 5.91 Å². The third-order valence-corrected chi connectivity index (χ3v) is 4.65. The van der Waals surface area contributed by atoms with Crippen molar-refractivity contribution in [2.24, 2.45) is 0 Å².